The number of halogens is 1. The summed E-state index contributed by atoms with van der Waals surface area (Å²) in [6, 6.07) is 0. The lowest BCUT2D eigenvalue weighted by Gasteiger charge is -2.17. The van der Waals surface area contributed by atoms with E-state index in [-0.39, 0.29) is 5.92 Å². The van der Waals surface area contributed by atoms with Gasteiger partial charge in [0.05, 0.1) is 6.17 Å². The molecule has 0 aromatic heterocycles. The molecule has 1 heteroatoms. The fourth-order valence-corrected chi connectivity index (χ4v) is 0.265. The van der Waals surface area contributed by atoms with Gasteiger partial charge in [0.1, 0.15) is 0 Å². The number of alkyl halides is 1. The molecule has 0 nitrogen and oxygen atoms in total. The summed E-state index contributed by atoms with van der Waals surface area (Å²) in [4.78, 5) is 0. The number of hydrogen-bond acceptors (Lipinski definition) is 0. The Morgan fingerprint density at radius 3 is 1.86 bits per heavy atom. The maximum absolute atomic E-state index is 12.1. The monoisotopic (exact) mass is 103 g/mol. The predicted molar refractivity (Wildman–Crippen MR) is 29.7 cm³/mol. The van der Waals surface area contributed by atoms with Crippen LogP contribution in [0.1, 0.15) is 20.8 Å². The van der Waals surface area contributed by atoms with Crippen molar-refractivity contribution in [2.45, 2.75) is 26.9 Å². The van der Waals surface area contributed by atoms with Crippen molar-refractivity contribution in [1.29, 1.82) is 0 Å². The molecular weight excluding hydrogens is 91.1 g/mol. The summed E-state index contributed by atoms with van der Waals surface area (Å²) in [6.07, 6.45) is 1.18. The van der Waals surface area contributed by atoms with E-state index in [1.165, 1.54) is 0 Å². The minimum atomic E-state index is -0.690. The SMILES string of the molecule is C[CH-]C(C)C(C)F. The summed E-state index contributed by atoms with van der Waals surface area (Å²) in [5, 5.41) is 0. The molecule has 0 N–H and O–H groups in total. The van der Waals surface area contributed by atoms with Gasteiger partial charge in [-0.05, 0) is 6.92 Å². The average Bonchev–Trinajstić information content (AvgIpc) is 1.65. The van der Waals surface area contributed by atoms with Crippen LogP contribution in [0.25, 0.3) is 0 Å². The van der Waals surface area contributed by atoms with Gasteiger partial charge >= 0.3 is 0 Å². The molecule has 0 saturated heterocycles. The topological polar surface area (TPSA) is 0 Å². The van der Waals surface area contributed by atoms with Gasteiger partial charge in [-0.1, -0.05) is 6.92 Å². The Morgan fingerprint density at radius 2 is 1.86 bits per heavy atom. The van der Waals surface area contributed by atoms with Crippen LogP contribution in [0.2, 0.25) is 0 Å². The molecule has 0 aromatic rings. The highest BCUT2D eigenvalue weighted by molar-refractivity contribution is 4.70. The summed E-state index contributed by atoms with van der Waals surface area (Å²) >= 11 is 0. The van der Waals surface area contributed by atoms with Crippen LogP contribution in [0.3, 0.4) is 0 Å². The Labute approximate surface area is 44.7 Å². The highest BCUT2D eigenvalue weighted by Gasteiger charge is 1.97. The molecule has 0 amide bonds. The second-order valence-corrected chi connectivity index (χ2v) is 1.87. The second-order valence-electron chi connectivity index (χ2n) is 1.87. The molecule has 0 aliphatic carbocycles. The van der Waals surface area contributed by atoms with Gasteiger partial charge in [0.2, 0.25) is 0 Å². The summed E-state index contributed by atoms with van der Waals surface area (Å²) in [6.45, 7) is 5.32. The van der Waals surface area contributed by atoms with Crippen molar-refractivity contribution >= 4 is 0 Å². The molecule has 0 aromatic carbocycles. The first-order valence-electron chi connectivity index (χ1n) is 2.62. The average molecular weight is 103 g/mol. The van der Waals surface area contributed by atoms with Crippen LogP contribution >= 0.6 is 0 Å². The van der Waals surface area contributed by atoms with Crippen LogP contribution in [0.5, 0.6) is 0 Å². The van der Waals surface area contributed by atoms with E-state index in [0.717, 1.165) is 0 Å². The molecule has 0 bridgehead atoms. The van der Waals surface area contributed by atoms with Crippen LogP contribution in [-0.4, -0.2) is 6.17 Å². The maximum atomic E-state index is 12.1. The van der Waals surface area contributed by atoms with Gasteiger partial charge in [0.25, 0.3) is 0 Å². The van der Waals surface area contributed by atoms with Crippen LogP contribution < -0.4 is 0 Å². The second kappa shape index (κ2) is 3.00. The summed E-state index contributed by atoms with van der Waals surface area (Å²) in [7, 11) is 0. The van der Waals surface area contributed by atoms with E-state index < -0.39 is 6.17 Å². The Kier molecular flexibility index (Phi) is 2.97. The largest absolute Gasteiger partial charge is 0.326 e. The molecule has 0 spiro atoms. The van der Waals surface area contributed by atoms with Gasteiger partial charge in [-0.25, -0.2) is 0 Å². The fourth-order valence-electron chi connectivity index (χ4n) is 0.265. The minimum Gasteiger partial charge on any atom is -0.326 e. The zero-order valence-electron chi connectivity index (χ0n) is 5.11. The minimum absolute atomic E-state index is 0.111. The normalized spacial score (nSPS) is 18.9. The van der Waals surface area contributed by atoms with Crippen LogP contribution in [0.4, 0.5) is 4.39 Å². The van der Waals surface area contributed by atoms with Gasteiger partial charge in [-0.3, -0.25) is 4.39 Å². The lowest BCUT2D eigenvalue weighted by atomic mass is 10.1. The van der Waals surface area contributed by atoms with E-state index in [4.69, 9.17) is 0 Å². The van der Waals surface area contributed by atoms with Crippen molar-refractivity contribution in [3.63, 3.8) is 0 Å². The molecule has 0 radical (unpaired) electrons. The van der Waals surface area contributed by atoms with Gasteiger partial charge in [0.15, 0.2) is 0 Å². The van der Waals surface area contributed by atoms with Crippen molar-refractivity contribution < 1.29 is 4.39 Å². The zero-order valence-corrected chi connectivity index (χ0v) is 5.11. The lowest BCUT2D eigenvalue weighted by Crippen LogP contribution is -2.06. The zero-order chi connectivity index (χ0) is 5.86. The van der Waals surface area contributed by atoms with E-state index in [1.54, 1.807) is 6.92 Å². The summed E-state index contributed by atoms with van der Waals surface area (Å²) in [5.74, 6) is 0.111. The Morgan fingerprint density at radius 1 is 1.43 bits per heavy atom. The van der Waals surface area contributed by atoms with Crippen molar-refractivity contribution in [3.05, 3.63) is 6.42 Å². The van der Waals surface area contributed by atoms with Crippen molar-refractivity contribution in [2.24, 2.45) is 5.92 Å². The fraction of sp³-hybridized carbons (Fsp3) is 0.833. The molecule has 0 saturated carbocycles. The molecule has 0 heterocycles. The first-order valence-corrected chi connectivity index (χ1v) is 2.62. The third-order valence-corrected chi connectivity index (χ3v) is 1.25. The first-order chi connectivity index (χ1) is 3.18. The van der Waals surface area contributed by atoms with Gasteiger partial charge < -0.3 is 6.42 Å². The third kappa shape index (κ3) is 2.60. The summed E-state index contributed by atoms with van der Waals surface area (Å²) in [5.41, 5.74) is 0. The van der Waals surface area contributed by atoms with Crippen molar-refractivity contribution in [1.82, 2.24) is 0 Å². The van der Waals surface area contributed by atoms with E-state index in [2.05, 4.69) is 0 Å². The maximum Gasteiger partial charge on any atom is 0.0730 e. The van der Waals surface area contributed by atoms with E-state index in [0.29, 0.717) is 0 Å². The molecule has 44 valence electrons. The summed E-state index contributed by atoms with van der Waals surface area (Å²) < 4.78 is 12.1. The van der Waals surface area contributed by atoms with Crippen molar-refractivity contribution in [2.75, 3.05) is 0 Å². The van der Waals surface area contributed by atoms with E-state index in [9.17, 15) is 4.39 Å². The highest BCUT2D eigenvalue weighted by Crippen LogP contribution is 2.07. The lowest BCUT2D eigenvalue weighted by molar-refractivity contribution is 0.289. The van der Waals surface area contributed by atoms with E-state index >= 15 is 0 Å². The quantitative estimate of drug-likeness (QED) is 0.470. The van der Waals surface area contributed by atoms with Crippen LogP contribution in [0.15, 0.2) is 0 Å². The third-order valence-electron chi connectivity index (χ3n) is 1.25. The van der Waals surface area contributed by atoms with Gasteiger partial charge in [0, 0.05) is 0 Å². The molecule has 0 rings (SSSR count). The van der Waals surface area contributed by atoms with E-state index in [1.807, 2.05) is 20.3 Å². The Hall–Kier alpha value is -0.0700. The smallest absolute Gasteiger partial charge is 0.0730 e. The Bertz CT molecular complexity index is 41.4. The van der Waals surface area contributed by atoms with Crippen LogP contribution in [-0.2, 0) is 0 Å². The molecule has 7 heavy (non-hydrogen) atoms. The van der Waals surface area contributed by atoms with Gasteiger partial charge in [-0.2, -0.15) is 6.92 Å². The van der Waals surface area contributed by atoms with Gasteiger partial charge in [-0.15, -0.1) is 5.92 Å². The Balaban J connectivity index is 3.14. The molecule has 0 aliphatic rings. The first kappa shape index (κ1) is 6.93. The molecule has 0 fully saturated rings. The molecule has 2 unspecified atom stereocenters. The van der Waals surface area contributed by atoms with Crippen molar-refractivity contribution in [3.8, 4) is 0 Å². The standard InChI is InChI=1S/C6H12F/c1-4-5(2)6(3)7/h4-6H,1-3H3/q-1. The highest BCUT2D eigenvalue weighted by atomic mass is 19.1. The molecular formula is C6H12F-. The molecule has 2 atom stereocenters. The van der Waals surface area contributed by atoms with Crippen LogP contribution in [0, 0.1) is 12.3 Å². The predicted octanol–water partition coefficient (Wildman–Crippen LogP) is 2.20. The number of hydrogen-bond donors (Lipinski definition) is 0. The molecule has 0 aliphatic heterocycles. The number of rotatable bonds is 2.